The fraction of sp³-hybridized carbons (Fsp3) is 0.333. The van der Waals surface area contributed by atoms with Crippen molar-refractivity contribution in [2.24, 2.45) is 5.73 Å². The molecule has 0 aliphatic rings. The lowest BCUT2D eigenvalue weighted by Gasteiger charge is -2.13. The van der Waals surface area contributed by atoms with E-state index in [1.165, 1.54) is 0 Å². The van der Waals surface area contributed by atoms with Crippen LogP contribution in [-0.4, -0.2) is 30.6 Å². The molecule has 1 aromatic heterocycles. The number of anilines is 1. The van der Waals surface area contributed by atoms with Gasteiger partial charge in [0.15, 0.2) is 0 Å². The molecule has 1 amide bonds. The molecule has 5 nitrogen and oxygen atoms in total. The van der Waals surface area contributed by atoms with Crippen LogP contribution in [0.15, 0.2) is 36.7 Å². The number of ether oxygens (including phenoxy) is 1. The highest BCUT2D eigenvalue weighted by atomic mass is 16.5. The fourth-order valence-corrected chi connectivity index (χ4v) is 2.03. The number of aromatic nitrogens is 1. The Balaban J connectivity index is 2.06. The van der Waals surface area contributed by atoms with Gasteiger partial charge in [-0.25, -0.2) is 0 Å². The van der Waals surface area contributed by atoms with Gasteiger partial charge in [-0.05, 0) is 30.4 Å². The maximum atomic E-state index is 12.1. The first-order valence-corrected chi connectivity index (χ1v) is 6.60. The molecule has 106 valence electrons. The van der Waals surface area contributed by atoms with Crippen LogP contribution in [0.1, 0.15) is 12.8 Å². The zero-order chi connectivity index (χ0) is 14.4. The first kappa shape index (κ1) is 14.4. The molecule has 5 heteroatoms. The zero-order valence-corrected chi connectivity index (χ0v) is 11.5. The Bertz CT molecular complexity index is 581. The monoisotopic (exact) mass is 273 g/mol. The van der Waals surface area contributed by atoms with Crippen molar-refractivity contribution in [2.45, 2.75) is 18.9 Å². The Kier molecular flexibility index (Phi) is 5.03. The SMILES string of the molecule is COCCCC(N)C(=O)Nc1cccc2ccncc12. The van der Waals surface area contributed by atoms with Crippen molar-refractivity contribution in [1.29, 1.82) is 0 Å². The van der Waals surface area contributed by atoms with E-state index in [9.17, 15) is 4.79 Å². The molecule has 0 bridgehead atoms. The number of amides is 1. The molecule has 0 radical (unpaired) electrons. The number of hydrogen-bond donors (Lipinski definition) is 2. The van der Waals surface area contributed by atoms with Gasteiger partial charge >= 0.3 is 0 Å². The van der Waals surface area contributed by atoms with E-state index in [2.05, 4.69) is 10.3 Å². The van der Waals surface area contributed by atoms with Crippen LogP contribution in [0.4, 0.5) is 5.69 Å². The second-order valence-electron chi connectivity index (χ2n) is 4.63. The molecule has 0 spiro atoms. The first-order chi connectivity index (χ1) is 9.72. The van der Waals surface area contributed by atoms with Gasteiger partial charge in [0.25, 0.3) is 0 Å². The fourth-order valence-electron chi connectivity index (χ4n) is 2.03. The Morgan fingerprint density at radius 1 is 1.45 bits per heavy atom. The van der Waals surface area contributed by atoms with Crippen LogP contribution in [0, 0.1) is 0 Å². The summed E-state index contributed by atoms with van der Waals surface area (Å²) < 4.78 is 4.95. The molecule has 1 heterocycles. The van der Waals surface area contributed by atoms with Crippen LogP contribution < -0.4 is 11.1 Å². The molecule has 2 aromatic rings. The normalized spacial score (nSPS) is 12.3. The molecular weight excluding hydrogens is 254 g/mol. The Labute approximate surface area is 118 Å². The number of carbonyl (C=O) groups excluding carboxylic acids is 1. The molecule has 0 fully saturated rings. The van der Waals surface area contributed by atoms with Gasteiger partial charge in [0.1, 0.15) is 0 Å². The maximum Gasteiger partial charge on any atom is 0.241 e. The number of nitrogens with one attached hydrogen (secondary N) is 1. The van der Waals surface area contributed by atoms with E-state index in [1.807, 2.05) is 24.3 Å². The minimum absolute atomic E-state index is 0.183. The van der Waals surface area contributed by atoms with Gasteiger partial charge in [0, 0.05) is 31.5 Å². The number of hydrogen-bond acceptors (Lipinski definition) is 4. The molecule has 0 saturated heterocycles. The van der Waals surface area contributed by atoms with Gasteiger partial charge in [-0.3, -0.25) is 9.78 Å². The third-order valence-electron chi connectivity index (χ3n) is 3.14. The van der Waals surface area contributed by atoms with E-state index in [0.717, 1.165) is 22.9 Å². The van der Waals surface area contributed by atoms with Crippen molar-refractivity contribution in [3.05, 3.63) is 36.7 Å². The third-order valence-corrected chi connectivity index (χ3v) is 3.14. The summed E-state index contributed by atoms with van der Waals surface area (Å²) in [5.74, 6) is -0.183. The van der Waals surface area contributed by atoms with Gasteiger partial charge in [-0.1, -0.05) is 12.1 Å². The minimum atomic E-state index is -0.530. The lowest BCUT2D eigenvalue weighted by atomic mass is 10.1. The van der Waals surface area contributed by atoms with Gasteiger partial charge in [-0.2, -0.15) is 0 Å². The molecule has 1 unspecified atom stereocenters. The molecule has 0 saturated carbocycles. The molecule has 0 aliphatic heterocycles. The summed E-state index contributed by atoms with van der Waals surface area (Å²) in [6, 6.07) is 7.10. The first-order valence-electron chi connectivity index (χ1n) is 6.60. The van der Waals surface area contributed by atoms with Crippen LogP contribution in [-0.2, 0) is 9.53 Å². The summed E-state index contributed by atoms with van der Waals surface area (Å²) in [6.07, 6.45) is 4.83. The van der Waals surface area contributed by atoms with Crippen LogP contribution in [0.25, 0.3) is 10.8 Å². The van der Waals surface area contributed by atoms with E-state index < -0.39 is 6.04 Å². The van der Waals surface area contributed by atoms with E-state index in [1.54, 1.807) is 19.5 Å². The summed E-state index contributed by atoms with van der Waals surface area (Å²) in [4.78, 5) is 16.1. The summed E-state index contributed by atoms with van der Waals surface area (Å²) >= 11 is 0. The van der Waals surface area contributed by atoms with E-state index >= 15 is 0 Å². The van der Waals surface area contributed by atoms with Crippen LogP contribution in [0.2, 0.25) is 0 Å². The van der Waals surface area contributed by atoms with Crippen LogP contribution >= 0.6 is 0 Å². The van der Waals surface area contributed by atoms with E-state index in [-0.39, 0.29) is 5.91 Å². The summed E-state index contributed by atoms with van der Waals surface area (Å²) in [5, 5.41) is 4.81. The van der Waals surface area contributed by atoms with Crippen LogP contribution in [0.5, 0.6) is 0 Å². The molecule has 0 aliphatic carbocycles. The average molecular weight is 273 g/mol. The van der Waals surface area contributed by atoms with Gasteiger partial charge in [0.05, 0.1) is 11.7 Å². The second kappa shape index (κ2) is 6.98. The van der Waals surface area contributed by atoms with Crippen LogP contribution in [0.3, 0.4) is 0 Å². The predicted molar refractivity (Wildman–Crippen MR) is 79.5 cm³/mol. The van der Waals surface area contributed by atoms with Crippen molar-refractivity contribution in [1.82, 2.24) is 4.98 Å². The summed E-state index contributed by atoms with van der Waals surface area (Å²) in [7, 11) is 1.63. The number of methoxy groups -OCH3 is 1. The standard InChI is InChI=1S/C15H19N3O2/c1-20-9-3-5-13(16)15(19)18-14-6-2-4-11-7-8-17-10-12(11)14/h2,4,6-8,10,13H,3,5,9,16H2,1H3,(H,18,19). The number of pyridine rings is 1. The van der Waals surface area contributed by atoms with Crippen molar-refractivity contribution in [2.75, 3.05) is 19.0 Å². The zero-order valence-electron chi connectivity index (χ0n) is 11.5. The molecule has 1 aromatic carbocycles. The molecule has 20 heavy (non-hydrogen) atoms. The Morgan fingerprint density at radius 3 is 3.10 bits per heavy atom. The molecule has 1 atom stereocenters. The molecule has 2 rings (SSSR count). The largest absolute Gasteiger partial charge is 0.385 e. The van der Waals surface area contributed by atoms with Crippen molar-refractivity contribution >= 4 is 22.4 Å². The van der Waals surface area contributed by atoms with E-state index in [4.69, 9.17) is 10.5 Å². The van der Waals surface area contributed by atoms with Crippen molar-refractivity contribution in [3.63, 3.8) is 0 Å². The Morgan fingerprint density at radius 2 is 2.30 bits per heavy atom. The summed E-state index contributed by atoms with van der Waals surface area (Å²) in [5.41, 5.74) is 6.61. The summed E-state index contributed by atoms with van der Waals surface area (Å²) in [6.45, 7) is 0.610. The highest BCUT2D eigenvalue weighted by Gasteiger charge is 2.14. The number of rotatable bonds is 6. The topological polar surface area (TPSA) is 77.2 Å². The van der Waals surface area contributed by atoms with Gasteiger partial charge in [-0.15, -0.1) is 0 Å². The van der Waals surface area contributed by atoms with Crippen molar-refractivity contribution in [3.8, 4) is 0 Å². The third kappa shape index (κ3) is 3.53. The number of fused-ring (bicyclic) bond motifs is 1. The maximum absolute atomic E-state index is 12.1. The van der Waals surface area contributed by atoms with Gasteiger partial charge < -0.3 is 15.8 Å². The number of nitrogens with zero attached hydrogens (tertiary/aromatic N) is 1. The number of nitrogens with two attached hydrogens (primary N) is 1. The van der Waals surface area contributed by atoms with E-state index in [0.29, 0.717) is 13.0 Å². The smallest absolute Gasteiger partial charge is 0.241 e. The number of benzene rings is 1. The lowest BCUT2D eigenvalue weighted by molar-refractivity contribution is -0.117. The average Bonchev–Trinajstić information content (AvgIpc) is 2.47. The number of carbonyl (C=O) groups is 1. The second-order valence-corrected chi connectivity index (χ2v) is 4.63. The van der Waals surface area contributed by atoms with Crippen molar-refractivity contribution < 1.29 is 9.53 Å². The minimum Gasteiger partial charge on any atom is -0.385 e. The molecular formula is C15H19N3O2. The molecule has 3 N–H and O–H groups in total. The predicted octanol–water partition coefficient (Wildman–Crippen LogP) is 1.93. The van der Waals surface area contributed by atoms with Gasteiger partial charge in [0.2, 0.25) is 5.91 Å². The Hall–Kier alpha value is -1.98. The highest BCUT2D eigenvalue weighted by Crippen LogP contribution is 2.22. The quantitative estimate of drug-likeness (QED) is 0.788. The lowest BCUT2D eigenvalue weighted by Crippen LogP contribution is -2.35. The highest BCUT2D eigenvalue weighted by molar-refractivity contribution is 6.03.